The van der Waals surface area contributed by atoms with E-state index in [2.05, 4.69) is 0 Å². The van der Waals surface area contributed by atoms with Crippen molar-refractivity contribution in [2.24, 2.45) is 0 Å². The Bertz CT molecular complexity index is 13.5. The molecule has 0 amide bonds. The van der Waals surface area contributed by atoms with Gasteiger partial charge in [0.25, 0.3) is 0 Å². The Morgan fingerprint density at radius 3 is 0.833 bits per heavy atom. The minimum absolute atomic E-state index is 0. The summed E-state index contributed by atoms with van der Waals surface area (Å²) in [7, 11) is 0. The molecule has 6 heteroatoms. The molecule has 0 aromatic rings. The molecule has 0 rings (SSSR count). The molecule has 0 aliphatic heterocycles. The molecule has 0 aromatic heterocycles. The van der Waals surface area contributed by atoms with E-state index in [1.165, 1.54) is 0 Å². The monoisotopic (exact) mass is 186 g/mol. The molecule has 0 radical (unpaired) electrons. The molecule has 0 heterocycles. The fourth-order valence-corrected chi connectivity index (χ4v) is 0. The second kappa shape index (κ2) is 9.07. The van der Waals surface area contributed by atoms with E-state index in [0.717, 1.165) is 0 Å². The van der Waals surface area contributed by atoms with Gasteiger partial charge in [-0.15, -0.1) is 0 Å². The van der Waals surface area contributed by atoms with Crippen LogP contribution >= 0.6 is 0 Å². The average Bonchev–Trinajstić information content (AvgIpc) is 0.811. The number of hydrogen-bond donors (Lipinski definition) is 0. The van der Waals surface area contributed by atoms with Crippen molar-refractivity contribution in [1.29, 1.82) is 0 Å². The van der Waals surface area contributed by atoms with Crippen molar-refractivity contribution in [3.8, 4) is 0 Å². The quantitative estimate of drug-likeness (QED) is 0.462. The van der Waals surface area contributed by atoms with Crippen LogP contribution in [0, 0.1) is 0 Å². The van der Waals surface area contributed by atoms with Crippen molar-refractivity contribution in [2.45, 2.75) is 0 Å². The molecule has 2 nitrogen and oxygen atoms in total. The van der Waals surface area contributed by atoms with Crippen molar-refractivity contribution in [3.05, 3.63) is 0 Å². The zero-order valence-electron chi connectivity index (χ0n) is 2.58. The normalized spacial score (nSPS) is 6.00. The summed E-state index contributed by atoms with van der Waals surface area (Å²) in [6.07, 6.45) is 0. The van der Waals surface area contributed by atoms with Crippen molar-refractivity contribution in [3.63, 3.8) is 0 Å². The van der Waals surface area contributed by atoms with Gasteiger partial charge in [0.2, 0.25) is 0 Å². The fourth-order valence-electron chi connectivity index (χ4n) is 0. The summed E-state index contributed by atoms with van der Waals surface area (Å²) in [5.41, 5.74) is 0. The van der Waals surface area contributed by atoms with Gasteiger partial charge < -0.3 is 11.0 Å². The van der Waals surface area contributed by atoms with Crippen LogP contribution in [-0.2, 0) is 20.1 Å². The SMILES string of the molecule is O.O.[F][Nb]([F])[F]. The van der Waals surface area contributed by atoms with Gasteiger partial charge in [0.1, 0.15) is 0 Å². The van der Waals surface area contributed by atoms with Gasteiger partial charge in [0.15, 0.2) is 0 Å². The molecule has 4 N–H and O–H groups in total. The first-order chi connectivity index (χ1) is 1.73. The molecule has 0 saturated carbocycles. The fraction of sp³-hybridized carbons (Fsp3) is 0. The predicted molar refractivity (Wildman–Crippen MR) is 10.6 cm³/mol. The topological polar surface area (TPSA) is 63.0 Å². The van der Waals surface area contributed by atoms with Crippen molar-refractivity contribution in [1.82, 2.24) is 0 Å². The van der Waals surface area contributed by atoms with Crippen molar-refractivity contribution in [2.75, 3.05) is 0 Å². The Labute approximate surface area is 40.8 Å². The van der Waals surface area contributed by atoms with E-state index in [-0.39, 0.29) is 11.0 Å². The molecule has 0 unspecified atom stereocenters. The summed E-state index contributed by atoms with van der Waals surface area (Å²) in [4.78, 5) is 0. The summed E-state index contributed by atoms with van der Waals surface area (Å²) >= 11 is -4.95. The Morgan fingerprint density at radius 1 is 0.833 bits per heavy atom. The van der Waals surface area contributed by atoms with E-state index in [9.17, 15) is 9.07 Å². The number of halogens is 3. The Hall–Kier alpha value is 0.450. The number of hydrogen-bond acceptors (Lipinski definition) is 0. The first kappa shape index (κ1) is 16.1. The molecule has 0 aromatic carbocycles. The molecular formula is H4F3NbO2. The molecule has 0 spiro atoms. The third-order valence-corrected chi connectivity index (χ3v) is 0. The minimum atomic E-state index is -4.95. The van der Waals surface area contributed by atoms with E-state index in [1.54, 1.807) is 0 Å². The third-order valence-electron chi connectivity index (χ3n) is 0. The Balaban J connectivity index is -0.0000000450. The van der Waals surface area contributed by atoms with Gasteiger partial charge in [-0.1, -0.05) is 0 Å². The molecule has 0 bridgehead atoms. The van der Waals surface area contributed by atoms with E-state index >= 15 is 0 Å². The molecular weight excluding hydrogens is 182 g/mol. The van der Waals surface area contributed by atoms with Crippen molar-refractivity contribution >= 4 is 0 Å². The third kappa shape index (κ3) is 261. The predicted octanol–water partition coefficient (Wildman–Crippen LogP) is -0.391. The molecule has 0 atom stereocenters. The molecule has 42 valence electrons. The second-order valence-corrected chi connectivity index (χ2v) is 1.13. The first-order valence-corrected chi connectivity index (χ1v) is 3.00. The zero-order valence-corrected chi connectivity index (χ0v) is 4.78. The Kier molecular flexibility index (Phi) is 24.3. The van der Waals surface area contributed by atoms with Crippen LogP contribution in [-0.4, -0.2) is 11.0 Å². The van der Waals surface area contributed by atoms with Gasteiger partial charge in [0.05, 0.1) is 0 Å². The molecule has 0 aliphatic rings. The van der Waals surface area contributed by atoms with E-state index in [4.69, 9.17) is 0 Å². The van der Waals surface area contributed by atoms with Gasteiger partial charge in [0, 0.05) is 0 Å². The van der Waals surface area contributed by atoms with Crippen LogP contribution in [0.5, 0.6) is 0 Å². The maximum atomic E-state index is 9.85. The van der Waals surface area contributed by atoms with Crippen LogP contribution in [0.1, 0.15) is 0 Å². The molecule has 6 heavy (non-hydrogen) atoms. The first-order valence-electron chi connectivity index (χ1n) is 0.507. The van der Waals surface area contributed by atoms with E-state index < -0.39 is 20.1 Å². The second-order valence-electron chi connectivity index (χ2n) is 0.192. The standard InChI is InChI=1S/3FH.Nb.2H2O/h3*1H;;2*1H2/q;;;+3;;/p-3. The summed E-state index contributed by atoms with van der Waals surface area (Å²) in [5.74, 6) is 0. The number of rotatable bonds is 0. The van der Waals surface area contributed by atoms with Crippen LogP contribution in [0.2, 0.25) is 0 Å². The molecule has 0 fully saturated rings. The zero-order chi connectivity index (χ0) is 3.58. The van der Waals surface area contributed by atoms with Crippen LogP contribution in [0.4, 0.5) is 9.07 Å². The van der Waals surface area contributed by atoms with Crippen LogP contribution in [0.15, 0.2) is 0 Å². The average molecular weight is 186 g/mol. The van der Waals surface area contributed by atoms with Gasteiger partial charge in [-0.25, -0.2) is 0 Å². The van der Waals surface area contributed by atoms with Crippen molar-refractivity contribution < 1.29 is 40.1 Å². The maximum absolute atomic E-state index is 9.85. The summed E-state index contributed by atoms with van der Waals surface area (Å²) in [5, 5.41) is 0. The summed E-state index contributed by atoms with van der Waals surface area (Å²) < 4.78 is 29.6. The van der Waals surface area contributed by atoms with E-state index in [0.29, 0.717) is 0 Å². The van der Waals surface area contributed by atoms with Crippen LogP contribution in [0.25, 0.3) is 0 Å². The molecule has 0 saturated heterocycles. The summed E-state index contributed by atoms with van der Waals surface area (Å²) in [6, 6.07) is 0. The van der Waals surface area contributed by atoms with Gasteiger partial charge in [-0.3, -0.25) is 0 Å². The van der Waals surface area contributed by atoms with E-state index in [1.807, 2.05) is 0 Å². The molecule has 0 aliphatic carbocycles. The van der Waals surface area contributed by atoms with Crippen LogP contribution < -0.4 is 0 Å². The van der Waals surface area contributed by atoms with Gasteiger partial charge in [-0.2, -0.15) is 0 Å². The summed E-state index contributed by atoms with van der Waals surface area (Å²) in [6.45, 7) is 0. The van der Waals surface area contributed by atoms with Crippen LogP contribution in [0.3, 0.4) is 0 Å². The van der Waals surface area contributed by atoms with Gasteiger partial charge >= 0.3 is 29.2 Å². The Morgan fingerprint density at radius 2 is 0.833 bits per heavy atom. The van der Waals surface area contributed by atoms with Gasteiger partial charge in [-0.05, 0) is 0 Å².